The van der Waals surface area contributed by atoms with Crippen LogP contribution in [0.3, 0.4) is 0 Å². The Kier molecular flexibility index (Phi) is 6.59. The van der Waals surface area contributed by atoms with Crippen molar-refractivity contribution in [1.29, 1.82) is 0 Å². The van der Waals surface area contributed by atoms with Crippen LogP contribution in [-0.4, -0.2) is 20.9 Å². The number of amides is 1. The number of aryl methyl sites for hydroxylation is 1. The van der Waals surface area contributed by atoms with Crippen LogP contribution in [0.2, 0.25) is 0 Å². The first kappa shape index (κ1) is 22.7. The normalized spacial score (nSPS) is 12.0. The van der Waals surface area contributed by atoms with Crippen LogP contribution in [0, 0.1) is 13.8 Å². The second-order valence-electron chi connectivity index (χ2n) is 6.47. The third-order valence-corrected chi connectivity index (χ3v) is 5.24. The van der Waals surface area contributed by atoms with Gasteiger partial charge in [0.1, 0.15) is 5.75 Å². The van der Waals surface area contributed by atoms with Crippen LogP contribution in [0.25, 0.3) is 0 Å². The lowest BCUT2D eigenvalue weighted by molar-refractivity contribution is -0.137. The minimum absolute atomic E-state index is 0.0593. The van der Waals surface area contributed by atoms with Crippen LogP contribution in [0.4, 0.5) is 18.9 Å². The highest BCUT2D eigenvalue weighted by molar-refractivity contribution is 7.89. The zero-order valence-electron chi connectivity index (χ0n) is 16.1. The van der Waals surface area contributed by atoms with E-state index >= 15 is 0 Å². The second kappa shape index (κ2) is 8.42. The zero-order valence-corrected chi connectivity index (χ0v) is 16.9. The van der Waals surface area contributed by atoms with Crippen LogP contribution in [-0.2, 0) is 16.2 Å². The van der Waals surface area contributed by atoms with E-state index in [1.807, 2.05) is 6.92 Å². The smallest absolute Gasteiger partial charge is 0.416 e. The molecule has 6 nitrogen and oxygen atoms in total. The number of carbonyl (C=O) groups excluding carboxylic acids is 1. The number of sulfonamides is 1. The fraction of sp³-hybridized carbons (Fsp3) is 0.316. The van der Waals surface area contributed by atoms with Crippen molar-refractivity contribution in [3.05, 3.63) is 52.6 Å². The Labute approximate surface area is 166 Å². The number of carbonyl (C=O) groups is 1. The van der Waals surface area contributed by atoms with E-state index in [4.69, 9.17) is 9.88 Å². The summed E-state index contributed by atoms with van der Waals surface area (Å²) in [4.78, 5) is 12.4. The summed E-state index contributed by atoms with van der Waals surface area (Å²) in [6.07, 6.45) is -3.99. The van der Waals surface area contributed by atoms with Crippen molar-refractivity contribution in [3.63, 3.8) is 0 Å². The predicted molar refractivity (Wildman–Crippen MR) is 102 cm³/mol. The van der Waals surface area contributed by atoms with Crippen molar-refractivity contribution < 1.29 is 31.1 Å². The van der Waals surface area contributed by atoms with Crippen LogP contribution < -0.4 is 15.2 Å². The van der Waals surface area contributed by atoms with E-state index in [-0.39, 0.29) is 28.5 Å². The fourth-order valence-corrected chi connectivity index (χ4v) is 3.47. The molecule has 0 radical (unpaired) electrons. The standard InChI is InChI=1S/C19H21F3N2O4S/c1-4-7-28-16-6-5-14(19(20,21)22)10-15(16)24-18(25)13-8-11(2)12(3)17(9-13)29(23,26)27/h5-6,8-10H,4,7H2,1-3H3,(H,24,25)(H2,23,26,27). The molecule has 0 saturated heterocycles. The van der Waals surface area contributed by atoms with Gasteiger partial charge in [0.05, 0.1) is 22.8 Å². The van der Waals surface area contributed by atoms with Crippen LogP contribution in [0.15, 0.2) is 35.2 Å². The Morgan fingerprint density at radius 2 is 1.83 bits per heavy atom. The molecule has 0 fully saturated rings. The number of halogens is 3. The highest BCUT2D eigenvalue weighted by Gasteiger charge is 2.31. The van der Waals surface area contributed by atoms with Crippen molar-refractivity contribution in [1.82, 2.24) is 0 Å². The summed E-state index contributed by atoms with van der Waals surface area (Å²) >= 11 is 0. The molecule has 2 rings (SSSR count). The Balaban J connectivity index is 2.47. The van der Waals surface area contributed by atoms with E-state index in [1.54, 1.807) is 13.8 Å². The van der Waals surface area contributed by atoms with Crippen molar-refractivity contribution >= 4 is 21.6 Å². The number of benzene rings is 2. The van der Waals surface area contributed by atoms with E-state index in [0.29, 0.717) is 17.5 Å². The lowest BCUT2D eigenvalue weighted by Gasteiger charge is -2.16. The van der Waals surface area contributed by atoms with E-state index in [9.17, 15) is 26.4 Å². The summed E-state index contributed by atoms with van der Waals surface area (Å²) in [5.74, 6) is -0.720. The number of nitrogens with one attached hydrogen (secondary N) is 1. The lowest BCUT2D eigenvalue weighted by Crippen LogP contribution is -2.18. The molecule has 10 heteroatoms. The van der Waals surface area contributed by atoms with Crippen molar-refractivity contribution in [2.24, 2.45) is 5.14 Å². The highest BCUT2D eigenvalue weighted by Crippen LogP contribution is 2.35. The maximum absolute atomic E-state index is 13.1. The van der Waals surface area contributed by atoms with Crippen LogP contribution in [0.1, 0.15) is 40.4 Å². The summed E-state index contributed by atoms with van der Waals surface area (Å²) < 4.78 is 68.1. The molecule has 2 aromatic carbocycles. The Morgan fingerprint density at radius 1 is 1.17 bits per heavy atom. The molecule has 0 aliphatic carbocycles. The molecule has 0 bridgehead atoms. The SMILES string of the molecule is CCCOc1ccc(C(F)(F)F)cc1NC(=O)c1cc(C)c(C)c(S(N)(=O)=O)c1. The Bertz CT molecular complexity index is 1030. The maximum Gasteiger partial charge on any atom is 0.416 e. The third kappa shape index (κ3) is 5.48. The summed E-state index contributed by atoms with van der Waals surface area (Å²) in [6.45, 7) is 5.21. The number of hydrogen-bond donors (Lipinski definition) is 2. The summed E-state index contributed by atoms with van der Waals surface area (Å²) in [6, 6.07) is 5.28. The number of hydrogen-bond acceptors (Lipinski definition) is 4. The number of alkyl halides is 3. The quantitative estimate of drug-likeness (QED) is 0.723. The van der Waals surface area contributed by atoms with Gasteiger partial charge >= 0.3 is 6.18 Å². The Morgan fingerprint density at radius 3 is 2.38 bits per heavy atom. The molecule has 29 heavy (non-hydrogen) atoms. The van der Waals surface area contributed by atoms with Crippen molar-refractivity contribution in [2.45, 2.75) is 38.3 Å². The summed E-state index contributed by atoms with van der Waals surface area (Å²) in [5.41, 5.74) is -0.310. The number of nitrogens with two attached hydrogens (primary N) is 1. The molecule has 0 aliphatic rings. The minimum Gasteiger partial charge on any atom is -0.491 e. The van der Waals surface area contributed by atoms with Gasteiger partial charge in [0.2, 0.25) is 10.0 Å². The average molecular weight is 430 g/mol. The summed E-state index contributed by atoms with van der Waals surface area (Å²) in [7, 11) is -4.08. The zero-order chi connectivity index (χ0) is 22.0. The monoisotopic (exact) mass is 430 g/mol. The molecular weight excluding hydrogens is 409 g/mol. The average Bonchev–Trinajstić information content (AvgIpc) is 2.60. The summed E-state index contributed by atoms with van der Waals surface area (Å²) in [5, 5.41) is 7.56. The van der Waals surface area contributed by atoms with Gasteiger partial charge in [0.25, 0.3) is 5.91 Å². The van der Waals surface area contributed by atoms with Gasteiger partial charge in [0, 0.05) is 5.56 Å². The van der Waals surface area contributed by atoms with Crippen molar-refractivity contribution in [3.8, 4) is 5.75 Å². The van der Waals surface area contributed by atoms with Gasteiger partial charge in [-0.15, -0.1) is 0 Å². The van der Waals surface area contributed by atoms with Gasteiger partial charge in [0.15, 0.2) is 0 Å². The van der Waals surface area contributed by atoms with Gasteiger partial charge in [-0.3, -0.25) is 4.79 Å². The first-order chi connectivity index (χ1) is 13.3. The molecule has 3 N–H and O–H groups in total. The molecule has 0 saturated carbocycles. The fourth-order valence-electron chi connectivity index (χ4n) is 2.59. The largest absolute Gasteiger partial charge is 0.491 e. The molecule has 0 atom stereocenters. The first-order valence-electron chi connectivity index (χ1n) is 8.64. The van der Waals surface area contributed by atoms with Gasteiger partial charge in [-0.2, -0.15) is 13.2 Å². The molecular formula is C19H21F3N2O4S. The second-order valence-corrected chi connectivity index (χ2v) is 8.00. The van der Waals surface area contributed by atoms with E-state index in [0.717, 1.165) is 24.3 Å². The molecule has 0 aliphatic heterocycles. The van der Waals surface area contributed by atoms with Crippen molar-refractivity contribution in [2.75, 3.05) is 11.9 Å². The van der Waals surface area contributed by atoms with Crippen LogP contribution >= 0.6 is 0 Å². The molecule has 0 heterocycles. The van der Waals surface area contributed by atoms with Gasteiger partial charge in [-0.25, -0.2) is 13.6 Å². The van der Waals surface area contributed by atoms with Gasteiger partial charge in [-0.05, 0) is 61.7 Å². The first-order valence-corrected chi connectivity index (χ1v) is 10.2. The van der Waals surface area contributed by atoms with Gasteiger partial charge < -0.3 is 10.1 Å². The maximum atomic E-state index is 13.1. The topological polar surface area (TPSA) is 98.5 Å². The van der Waals surface area contributed by atoms with E-state index in [1.165, 1.54) is 6.07 Å². The number of primary sulfonamides is 1. The highest BCUT2D eigenvalue weighted by atomic mass is 32.2. The lowest BCUT2D eigenvalue weighted by atomic mass is 10.1. The predicted octanol–water partition coefficient (Wildman–Crippen LogP) is 4.01. The Hall–Kier alpha value is -2.59. The minimum atomic E-state index is -4.61. The van der Waals surface area contributed by atoms with E-state index < -0.39 is 27.7 Å². The van der Waals surface area contributed by atoms with Gasteiger partial charge in [-0.1, -0.05) is 6.92 Å². The molecule has 0 spiro atoms. The van der Waals surface area contributed by atoms with Crippen LogP contribution in [0.5, 0.6) is 5.75 Å². The number of anilines is 1. The molecule has 0 aromatic heterocycles. The molecule has 1 amide bonds. The number of rotatable bonds is 6. The molecule has 0 unspecified atom stereocenters. The van der Waals surface area contributed by atoms with E-state index in [2.05, 4.69) is 5.32 Å². The molecule has 2 aromatic rings. The third-order valence-electron chi connectivity index (χ3n) is 4.21. The number of ether oxygens (including phenoxy) is 1. The molecule has 158 valence electrons.